The highest BCUT2D eigenvalue weighted by Crippen LogP contribution is 2.42. The van der Waals surface area contributed by atoms with E-state index in [4.69, 9.17) is 5.11 Å². The predicted molar refractivity (Wildman–Crippen MR) is 95.0 cm³/mol. The van der Waals surface area contributed by atoms with Gasteiger partial charge in [-0.15, -0.1) is 0 Å². The summed E-state index contributed by atoms with van der Waals surface area (Å²) in [5, 5.41) is 19.0. The summed E-state index contributed by atoms with van der Waals surface area (Å²) >= 11 is 0. The zero-order valence-corrected chi connectivity index (χ0v) is 14.7. The molecule has 2 nitrogen and oxygen atoms in total. The van der Waals surface area contributed by atoms with Crippen molar-refractivity contribution in [3.8, 4) is 0 Å². The second-order valence-corrected chi connectivity index (χ2v) is 7.23. The van der Waals surface area contributed by atoms with E-state index in [1.54, 1.807) is 0 Å². The van der Waals surface area contributed by atoms with E-state index in [0.717, 1.165) is 25.7 Å². The molecule has 2 N–H and O–H groups in total. The highest BCUT2D eigenvalue weighted by atomic mass is 16.3. The van der Waals surface area contributed by atoms with Crippen LogP contribution in [0.25, 0.3) is 0 Å². The summed E-state index contributed by atoms with van der Waals surface area (Å²) < 4.78 is 0. The van der Waals surface area contributed by atoms with Crippen LogP contribution in [0.15, 0.2) is 12.2 Å². The molecule has 0 amide bonds. The molecule has 2 heteroatoms. The Kier molecular flexibility index (Phi) is 10.9. The molecule has 1 unspecified atom stereocenters. The van der Waals surface area contributed by atoms with Crippen LogP contribution in [-0.2, 0) is 0 Å². The van der Waals surface area contributed by atoms with Gasteiger partial charge in [-0.05, 0) is 37.5 Å². The van der Waals surface area contributed by atoms with Crippen molar-refractivity contribution in [2.24, 2.45) is 5.41 Å². The maximum Gasteiger partial charge on any atom is 0.0721 e. The van der Waals surface area contributed by atoms with Gasteiger partial charge < -0.3 is 10.2 Å². The Hall–Kier alpha value is -0.340. The Morgan fingerprint density at radius 2 is 1.68 bits per heavy atom. The monoisotopic (exact) mass is 310 g/mol. The van der Waals surface area contributed by atoms with Crippen LogP contribution in [0.5, 0.6) is 0 Å². The van der Waals surface area contributed by atoms with Crippen LogP contribution < -0.4 is 0 Å². The van der Waals surface area contributed by atoms with Crippen LogP contribution >= 0.6 is 0 Å². The molecule has 0 spiro atoms. The number of rotatable bonds is 12. The first-order valence-electron chi connectivity index (χ1n) is 9.71. The summed E-state index contributed by atoms with van der Waals surface area (Å²) in [6.07, 6.45) is 21.2. The van der Waals surface area contributed by atoms with E-state index in [1.165, 1.54) is 64.2 Å². The first-order chi connectivity index (χ1) is 10.7. The molecule has 0 saturated heterocycles. The third-order valence-corrected chi connectivity index (χ3v) is 5.21. The number of aliphatic hydroxyl groups excluding tert-OH is 2. The molecule has 0 bridgehead atoms. The van der Waals surface area contributed by atoms with E-state index >= 15 is 0 Å². The molecular weight excluding hydrogens is 272 g/mol. The second-order valence-electron chi connectivity index (χ2n) is 7.23. The summed E-state index contributed by atoms with van der Waals surface area (Å²) in [7, 11) is 0. The van der Waals surface area contributed by atoms with E-state index in [-0.39, 0.29) is 6.10 Å². The van der Waals surface area contributed by atoms with Crippen LogP contribution in [0.4, 0.5) is 0 Å². The third kappa shape index (κ3) is 8.33. The molecule has 0 aliphatic heterocycles. The average molecular weight is 311 g/mol. The largest absolute Gasteiger partial charge is 0.396 e. The molecule has 1 fully saturated rings. The predicted octanol–water partition coefficient (Wildman–Crippen LogP) is 5.38. The quantitative estimate of drug-likeness (QED) is 0.375. The fraction of sp³-hybridized carbons (Fsp3) is 0.900. The fourth-order valence-electron chi connectivity index (χ4n) is 3.71. The van der Waals surface area contributed by atoms with Gasteiger partial charge in [0.05, 0.1) is 6.10 Å². The topological polar surface area (TPSA) is 40.5 Å². The maximum absolute atomic E-state index is 10.1. The second kappa shape index (κ2) is 12.1. The number of allylic oxidation sites excluding steroid dienone is 1. The maximum atomic E-state index is 10.1. The summed E-state index contributed by atoms with van der Waals surface area (Å²) in [6, 6.07) is 0. The molecule has 1 saturated carbocycles. The van der Waals surface area contributed by atoms with Gasteiger partial charge in [0.15, 0.2) is 0 Å². The average Bonchev–Trinajstić information content (AvgIpc) is 2.54. The van der Waals surface area contributed by atoms with Gasteiger partial charge in [0, 0.05) is 6.61 Å². The minimum atomic E-state index is -0.250. The molecule has 0 heterocycles. The molecule has 130 valence electrons. The highest BCUT2D eigenvalue weighted by molar-refractivity contribution is 5.03. The van der Waals surface area contributed by atoms with Gasteiger partial charge in [-0.3, -0.25) is 0 Å². The van der Waals surface area contributed by atoms with E-state index in [0.29, 0.717) is 12.0 Å². The van der Waals surface area contributed by atoms with Gasteiger partial charge in [-0.1, -0.05) is 76.9 Å². The molecule has 1 rings (SSSR count). The SMILES string of the molecule is CCCCCC(O)/C=C/C1(CCCCCCO)CCCCC1. The van der Waals surface area contributed by atoms with Gasteiger partial charge in [-0.25, -0.2) is 0 Å². The van der Waals surface area contributed by atoms with Gasteiger partial charge in [0.25, 0.3) is 0 Å². The third-order valence-electron chi connectivity index (χ3n) is 5.21. The lowest BCUT2D eigenvalue weighted by Gasteiger charge is -2.35. The van der Waals surface area contributed by atoms with Crippen LogP contribution in [0.2, 0.25) is 0 Å². The van der Waals surface area contributed by atoms with Crippen LogP contribution in [-0.4, -0.2) is 22.9 Å². The molecule has 1 aliphatic carbocycles. The van der Waals surface area contributed by atoms with E-state index < -0.39 is 0 Å². The van der Waals surface area contributed by atoms with Crippen molar-refractivity contribution < 1.29 is 10.2 Å². The lowest BCUT2D eigenvalue weighted by molar-refractivity contribution is 0.197. The summed E-state index contributed by atoms with van der Waals surface area (Å²) in [5.41, 5.74) is 0.350. The molecule has 22 heavy (non-hydrogen) atoms. The fourth-order valence-corrected chi connectivity index (χ4v) is 3.71. The highest BCUT2D eigenvalue weighted by Gasteiger charge is 2.28. The van der Waals surface area contributed by atoms with Gasteiger partial charge in [-0.2, -0.15) is 0 Å². The van der Waals surface area contributed by atoms with E-state index in [2.05, 4.69) is 19.1 Å². The Labute approximate surface area is 138 Å². The van der Waals surface area contributed by atoms with Crippen molar-refractivity contribution in [2.45, 2.75) is 103 Å². The van der Waals surface area contributed by atoms with Crippen molar-refractivity contribution in [2.75, 3.05) is 6.61 Å². The Balaban J connectivity index is 2.41. The van der Waals surface area contributed by atoms with Crippen LogP contribution in [0.3, 0.4) is 0 Å². The van der Waals surface area contributed by atoms with Crippen molar-refractivity contribution in [3.05, 3.63) is 12.2 Å². The first kappa shape index (κ1) is 19.7. The smallest absolute Gasteiger partial charge is 0.0721 e. The van der Waals surface area contributed by atoms with Crippen molar-refractivity contribution >= 4 is 0 Å². The van der Waals surface area contributed by atoms with Crippen LogP contribution in [0.1, 0.15) is 96.8 Å². The Morgan fingerprint density at radius 3 is 2.36 bits per heavy atom. The normalized spacial score (nSPS) is 19.6. The minimum Gasteiger partial charge on any atom is -0.396 e. The van der Waals surface area contributed by atoms with Crippen molar-refractivity contribution in [1.29, 1.82) is 0 Å². The Morgan fingerprint density at radius 1 is 0.955 bits per heavy atom. The first-order valence-corrected chi connectivity index (χ1v) is 9.71. The van der Waals surface area contributed by atoms with Crippen molar-refractivity contribution in [3.63, 3.8) is 0 Å². The number of aliphatic hydroxyl groups is 2. The van der Waals surface area contributed by atoms with Crippen LogP contribution in [0, 0.1) is 5.41 Å². The lowest BCUT2D eigenvalue weighted by Crippen LogP contribution is -2.22. The Bertz CT molecular complexity index is 279. The summed E-state index contributed by atoms with van der Waals surface area (Å²) in [6.45, 7) is 2.53. The van der Waals surface area contributed by atoms with Gasteiger partial charge >= 0.3 is 0 Å². The van der Waals surface area contributed by atoms with E-state index in [1.807, 2.05) is 0 Å². The molecule has 0 aromatic rings. The van der Waals surface area contributed by atoms with Gasteiger partial charge in [0.2, 0.25) is 0 Å². The molecular formula is C20H38O2. The number of hydrogen-bond donors (Lipinski definition) is 2. The molecule has 0 aromatic carbocycles. The lowest BCUT2D eigenvalue weighted by atomic mass is 9.70. The van der Waals surface area contributed by atoms with E-state index in [9.17, 15) is 5.11 Å². The molecule has 1 atom stereocenters. The summed E-state index contributed by atoms with van der Waals surface area (Å²) in [5.74, 6) is 0. The van der Waals surface area contributed by atoms with Crippen molar-refractivity contribution in [1.82, 2.24) is 0 Å². The molecule has 1 aliphatic rings. The number of hydrogen-bond acceptors (Lipinski definition) is 2. The standard InChI is InChI=1S/C20H38O2/c1-2-3-7-12-19(22)13-17-20(15-9-6-10-16-20)14-8-4-5-11-18-21/h13,17,19,21-22H,2-12,14-16,18H2,1H3/b17-13+. The molecule has 0 radical (unpaired) electrons. The summed E-state index contributed by atoms with van der Waals surface area (Å²) in [4.78, 5) is 0. The minimum absolute atomic E-state index is 0.250. The number of unbranched alkanes of at least 4 members (excludes halogenated alkanes) is 5. The molecule has 0 aromatic heterocycles. The zero-order valence-electron chi connectivity index (χ0n) is 14.7. The van der Waals surface area contributed by atoms with Gasteiger partial charge in [0.1, 0.15) is 0 Å². The zero-order chi connectivity index (χ0) is 16.1.